The van der Waals surface area contributed by atoms with Gasteiger partial charge in [0.25, 0.3) is 5.91 Å². The lowest BCUT2D eigenvalue weighted by Crippen LogP contribution is -2.23. The zero-order valence-corrected chi connectivity index (χ0v) is 19.0. The monoisotopic (exact) mass is 477 g/mol. The Bertz CT molecular complexity index is 1690. The number of hydrogen-bond acceptors (Lipinski definition) is 5. The van der Waals surface area contributed by atoms with Gasteiger partial charge in [0, 0.05) is 23.2 Å². The molecule has 0 aliphatic carbocycles. The van der Waals surface area contributed by atoms with E-state index >= 15 is 0 Å². The predicted molar refractivity (Wildman–Crippen MR) is 133 cm³/mol. The van der Waals surface area contributed by atoms with E-state index in [1.165, 1.54) is 6.07 Å². The summed E-state index contributed by atoms with van der Waals surface area (Å²) in [5.74, 6) is -0.139. The van der Waals surface area contributed by atoms with Crippen LogP contribution in [0.25, 0.3) is 22.1 Å². The number of nitrogens with two attached hydrogens (primary N) is 1. The summed E-state index contributed by atoms with van der Waals surface area (Å²) in [6.45, 7) is 0.277. The molecule has 5 aromatic rings. The van der Waals surface area contributed by atoms with Gasteiger partial charge in [-0.2, -0.15) is 0 Å². The highest BCUT2D eigenvalue weighted by atomic mass is 19.1. The number of anilines is 1. The molecule has 2 atom stereocenters. The fourth-order valence-electron chi connectivity index (χ4n) is 5.30. The molecule has 0 unspecified atom stereocenters. The van der Waals surface area contributed by atoms with Crippen LogP contribution in [0.2, 0.25) is 0 Å². The Morgan fingerprint density at radius 3 is 2.56 bits per heavy atom. The lowest BCUT2D eigenvalue weighted by molar-refractivity contribution is 0.0857. The summed E-state index contributed by atoms with van der Waals surface area (Å²) in [7, 11) is 0. The molecule has 3 heterocycles. The fourth-order valence-corrected chi connectivity index (χ4v) is 5.30. The first-order valence-corrected chi connectivity index (χ1v) is 11.7. The number of carbonyl (C=O) groups excluding carboxylic acids is 1. The van der Waals surface area contributed by atoms with Gasteiger partial charge in [0.2, 0.25) is 0 Å². The van der Waals surface area contributed by atoms with Gasteiger partial charge in [-0.15, -0.1) is 0 Å². The topological polar surface area (TPSA) is 90.4 Å². The van der Waals surface area contributed by atoms with Crippen LogP contribution in [0, 0.1) is 5.82 Å². The van der Waals surface area contributed by atoms with Crippen molar-refractivity contribution in [2.75, 3.05) is 5.73 Å². The standard InChI is InChI=1S/C29H20FN3O3/c30-24-7-2-1-5-18(24)15-8-10-19-22(12-15)27-23-13-16(9-11-20(23)26(19)35-27)29(34)32-14-17-4-3-6-21-25(17)36-33-28(21)31/h1-13,26-27H,14H2,(H2,31,33)(H,32,34)/t26-,27+/m0/s1. The molecule has 2 aliphatic heterocycles. The third kappa shape index (κ3) is 3.06. The molecule has 2 bridgehead atoms. The van der Waals surface area contributed by atoms with E-state index in [4.69, 9.17) is 15.0 Å². The second-order valence-electron chi connectivity index (χ2n) is 9.11. The van der Waals surface area contributed by atoms with Crippen LogP contribution in [0.1, 0.15) is 50.4 Å². The molecule has 7 rings (SSSR count). The number of benzene rings is 4. The van der Waals surface area contributed by atoms with Crippen LogP contribution in [0.4, 0.5) is 10.2 Å². The van der Waals surface area contributed by atoms with Gasteiger partial charge in [-0.3, -0.25) is 4.79 Å². The van der Waals surface area contributed by atoms with Crippen molar-refractivity contribution < 1.29 is 18.4 Å². The average Bonchev–Trinajstić information content (AvgIpc) is 3.59. The number of rotatable bonds is 4. The van der Waals surface area contributed by atoms with Gasteiger partial charge in [0.05, 0.1) is 5.39 Å². The Balaban J connectivity index is 1.16. The maximum absolute atomic E-state index is 14.4. The molecule has 0 spiro atoms. The van der Waals surface area contributed by atoms with Crippen molar-refractivity contribution in [3.8, 4) is 11.1 Å². The number of carbonyl (C=O) groups is 1. The maximum Gasteiger partial charge on any atom is 0.251 e. The van der Waals surface area contributed by atoms with E-state index in [0.717, 1.165) is 38.8 Å². The number of nitrogens with one attached hydrogen (secondary N) is 1. The molecule has 7 heteroatoms. The molecule has 36 heavy (non-hydrogen) atoms. The average molecular weight is 477 g/mol. The van der Waals surface area contributed by atoms with Crippen LogP contribution in [-0.4, -0.2) is 11.1 Å². The number of aromatic nitrogens is 1. The lowest BCUT2D eigenvalue weighted by atomic mass is 9.83. The molecule has 3 N–H and O–H groups in total. The molecular formula is C29H20FN3O3. The molecule has 6 nitrogen and oxygen atoms in total. The van der Waals surface area contributed by atoms with Crippen LogP contribution in [-0.2, 0) is 11.3 Å². The van der Waals surface area contributed by atoms with Crippen molar-refractivity contribution >= 4 is 22.7 Å². The highest BCUT2D eigenvalue weighted by Crippen LogP contribution is 2.54. The number of hydrogen-bond donors (Lipinski definition) is 2. The largest absolute Gasteiger partial charge is 0.380 e. The summed E-state index contributed by atoms with van der Waals surface area (Å²) in [6.07, 6.45) is -0.466. The Hall–Kier alpha value is -4.49. The van der Waals surface area contributed by atoms with Gasteiger partial charge in [0.1, 0.15) is 18.0 Å². The maximum atomic E-state index is 14.4. The summed E-state index contributed by atoms with van der Waals surface area (Å²) in [4.78, 5) is 13.0. The van der Waals surface area contributed by atoms with Crippen molar-refractivity contribution in [2.24, 2.45) is 0 Å². The SMILES string of the molecule is Nc1noc2c(CNC(=O)c3ccc4c(c3)[C@@H]3O[C@H]4c4ccc(-c5ccccc5F)cc43)cccc12. The minimum absolute atomic E-state index is 0.179. The normalized spacial score (nSPS) is 17.2. The van der Waals surface area contributed by atoms with Crippen molar-refractivity contribution in [3.63, 3.8) is 0 Å². The van der Waals surface area contributed by atoms with Crippen LogP contribution < -0.4 is 11.1 Å². The predicted octanol–water partition coefficient (Wildman–Crippen LogP) is 5.67. The molecular weight excluding hydrogens is 457 g/mol. The van der Waals surface area contributed by atoms with Gasteiger partial charge in [-0.05, 0) is 58.1 Å². The molecule has 0 saturated heterocycles. The minimum Gasteiger partial charge on any atom is -0.380 e. The van der Waals surface area contributed by atoms with E-state index in [0.29, 0.717) is 22.5 Å². The third-order valence-corrected chi connectivity index (χ3v) is 7.07. The number of para-hydroxylation sites is 1. The second-order valence-corrected chi connectivity index (χ2v) is 9.11. The van der Waals surface area contributed by atoms with Crippen LogP contribution >= 0.6 is 0 Å². The highest BCUT2D eigenvalue weighted by molar-refractivity contribution is 5.95. The van der Waals surface area contributed by atoms with Crippen molar-refractivity contribution in [2.45, 2.75) is 18.8 Å². The van der Waals surface area contributed by atoms with Crippen molar-refractivity contribution in [3.05, 3.63) is 118 Å². The Labute approximate surface area is 205 Å². The molecule has 176 valence electrons. The lowest BCUT2D eigenvalue weighted by Gasteiger charge is -2.18. The number of fused-ring (bicyclic) bond motifs is 9. The Morgan fingerprint density at radius 2 is 1.69 bits per heavy atom. The Kier molecular flexibility index (Phi) is 4.49. The summed E-state index contributed by atoms with van der Waals surface area (Å²) in [6, 6.07) is 23.9. The second kappa shape index (κ2) is 7.76. The van der Waals surface area contributed by atoms with E-state index in [1.54, 1.807) is 12.1 Å². The van der Waals surface area contributed by atoms with Gasteiger partial charge in [-0.25, -0.2) is 4.39 Å². The molecule has 0 fully saturated rings. The first-order chi connectivity index (χ1) is 17.6. The van der Waals surface area contributed by atoms with E-state index in [2.05, 4.69) is 10.5 Å². The highest BCUT2D eigenvalue weighted by Gasteiger charge is 2.43. The molecule has 1 amide bonds. The molecule has 0 radical (unpaired) electrons. The molecule has 2 aliphatic rings. The number of nitrogen functional groups attached to an aromatic ring is 1. The number of ether oxygens (including phenoxy) is 1. The van der Waals surface area contributed by atoms with E-state index in [9.17, 15) is 9.18 Å². The summed E-state index contributed by atoms with van der Waals surface area (Å²) >= 11 is 0. The van der Waals surface area contributed by atoms with Gasteiger partial charge < -0.3 is 20.3 Å². The zero-order chi connectivity index (χ0) is 24.4. The zero-order valence-electron chi connectivity index (χ0n) is 19.0. The quantitative estimate of drug-likeness (QED) is 0.348. The number of nitrogens with zero attached hydrogens (tertiary/aromatic N) is 1. The van der Waals surface area contributed by atoms with E-state index in [-0.39, 0.29) is 30.5 Å². The summed E-state index contributed by atoms with van der Waals surface area (Å²) < 4.78 is 26.0. The number of amides is 1. The first-order valence-electron chi connectivity index (χ1n) is 11.7. The smallest absolute Gasteiger partial charge is 0.251 e. The molecule has 1 aromatic heterocycles. The van der Waals surface area contributed by atoms with Gasteiger partial charge in [0.15, 0.2) is 11.4 Å². The summed E-state index contributed by atoms with van der Waals surface area (Å²) in [5.41, 5.74) is 13.2. The fraction of sp³-hybridized carbons (Fsp3) is 0.103. The first kappa shape index (κ1) is 20.8. The molecule has 4 aromatic carbocycles. The third-order valence-electron chi connectivity index (χ3n) is 7.07. The van der Waals surface area contributed by atoms with E-state index < -0.39 is 0 Å². The Morgan fingerprint density at radius 1 is 0.917 bits per heavy atom. The van der Waals surface area contributed by atoms with Crippen molar-refractivity contribution in [1.29, 1.82) is 0 Å². The van der Waals surface area contributed by atoms with Crippen molar-refractivity contribution in [1.82, 2.24) is 10.5 Å². The number of halogens is 1. The summed E-state index contributed by atoms with van der Waals surface area (Å²) in [5, 5.41) is 7.49. The van der Waals surface area contributed by atoms with Gasteiger partial charge >= 0.3 is 0 Å². The molecule has 0 saturated carbocycles. The van der Waals surface area contributed by atoms with Gasteiger partial charge in [-0.1, -0.05) is 53.7 Å². The van der Waals surface area contributed by atoms with Crippen LogP contribution in [0.3, 0.4) is 0 Å². The van der Waals surface area contributed by atoms with Crippen LogP contribution in [0.15, 0.2) is 83.4 Å². The van der Waals surface area contributed by atoms with E-state index in [1.807, 2.05) is 60.7 Å². The van der Waals surface area contributed by atoms with Crippen LogP contribution in [0.5, 0.6) is 0 Å². The minimum atomic E-state index is -0.287.